The molecule has 4 rings (SSSR count). The number of benzene rings is 1. The molecule has 2 fully saturated rings. The molecule has 0 radical (unpaired) electrons. The summed E-state index contributed by atoms with van der Waals surface area (Å²) in [6, 6.07) is 7.34. The molecule has 0 atom stereocenters. The Morgan fingerprint density at radius 3 is 2.54 bits per heavy atom. The van der Waals surface area contributed by atoms with Gasteiger partial charge in [-0.25, -0.2) is 9.66 Å². The summed E-state index contributed by atoms with van der Waals surface area (Å²) in [5.74, 6) is 0.782. The Bertz CT molecular complexity index is 864. The number of hydrogen-bond acceptors (Lipinski definition) is 4. The van der Waals surface area contributed by atoms with Crippen LogP contribution in [-0.4, -0.2) is 28.8 Å². The highest BCUT2D eigenvalue weighted by molar-refractivity contribution is 5.86. The summed E-state index contributed by atoms with van der Waals surface area (Å²) in [7, 11) is 1.72. The van der Waals surface area contributed by atoms with Crippen LogP contribution in [0.25, 0.3) is 10.9 Å². The number of amides is 1. The molecule has 0 unspecified atom stereocenters. The smallest absolute Gasteiger partial charge is 0.280 e. The topological polar surface area (TPSA) is 73.2 Å². The first-order valence-electron chi connectivity index (χ1n) is 9.52. The zero-order chi connectivity index (χ0) is 18.1. The molecule has 6 heteroatoms. The highest BCUT2D eigenvalue weighted by Gasteiger charge is 2.29. The Labute approximate surface area is 152 Å². The normalized spacial score (nSPS) is 23.6. The number of methoxy groups -OCH3 is 1. The van der Waals surface area contributed by atoms with E-state index in [4.69, 9.17) is 9.72 Å². The van der Waals surface area contributed by atoms with E-state index in [1.807, 2.05) is 18.2 Å². The number of rotatable bonds is 4. The molecular formula is C20H25N3O3. The SMILES string of the molecule is COC1CCC(C(=O)Nn2c(C3CCC3)nc3ccccc3c2=O)CC1. The first-order valence-corrected chi connectivity index (χ1v) is 9.52. The van der Waals surface area contributed by atoms with Crippen molar-refractivity contribution in [2.45, 2.75) is 57.0 Å². The van der Waals surface area contributed by atoms with E-state index >= 15 is 0 Å². The van der Waals surface area contributed by atoms with Crippen LogP contribution in [0.3, 0.4) is 0 Å². The van der Waals surface area contributed by atoms with Gasteiger partial charge in [0.1, 0.15) is 5.82 Å². The molecule has 0 aliphatic heterocycles. The van der Waals surface area contributed by atoms with E-state index in [1.54, 1.807) is 13.2 Å². The van der Waals surface area contributed by atoms with Crippen LogP contribution in [0.2, 0.25) is 0 Å². The molecule has 2 aliphatic carbocycles. The maximum absolute atomic E-state index is 13.0. The Morgan fingerprint density at radius 2 is 1.88 bits per heavy atom. The molecule has 2 aromatic rings. The summed E-state index contributed by atoms with van der Waals surface area (Å²) >= 11 is 0. The molecule has 138 valence electrons. The molecule has 1 heterocycles. The van der Waals surface area contributed by atoms with Gasteiger partial charge in [-0.1, -0.05) is 18.6 Å². The van der Waals surface area contributed by atoms with E-state index in [0.29, 0.717) is 16.7 Å². The van der Waals surface area contributed by atoms with E-state index in [0.717, 1.165) is 44.9 Å². The first-order chi connectivity index (χ1) is 12.7. The van der Waals surface area contributed by atoms with Gasteiger partial charge in [0.25, 0.3) is 5.56 Å². The molecule has 1 aromatic carbocycles. The minimum atomic E-state index is -0.184. The van der Waals surface area contributed by atoms with Gasteiger partial charge < -0.3 is 4.74 Å². The monoisotopic (exact) mass is 355 g/mol. The third-order valence-corrected chi connectivity index (χ3v) is 5.87. The lowest BCUT2D eigenvalue weighted by molar-refractivity contribution is -0.122. The van der Waals surface area contributed by atoms with Crippen LogP contribution in [0.5, 0.6) is 0 Å². The van der Waals surface area contributed by atoms with Crippen molar-refractivity contribution < 1.29 is 9.53 Å². The van der Waals surface area contributed by atoms with Crippen LogP contribution in [0.15, 0.2) is 29.1 Å². The fourth-order valence-electron chi connectivity index (χ4n) is 3.96. The van der Waals surface area contributed by atoms with Crippen LogP contribution < -0.4 is 11.0 Å². The number of hydrogen-bond donors (Lipinski definition) is 1. The van der Waals surface area contributed by atoms with Crippen molar-refractivity contribution in [2.24, 2.45) is 5.92 Å². The summed E-state index contributed by atoms with van der Waals surface area (Å²) in [5, 5.41) is 0.541. The number of nitrogens with zero attached hydrogens (tertiary/aromatic N) is 2. The fourth-order valence-corrected chi connectivity index (χ4v) is 3.96. The van der Waals surface area contributed by atoms with Crippen molar-refractivity contribution in [3.05, 3.63) is 40.4 Å². The van der Waals surface area contributed by atoms with E-state index in [2.05, 4.69) is 5.43 Å². The van der Waals surface area contributed by atoms with Gasteiger partial charge in [0.15, 0.2) is 0 Å². The standard InChI is InChI=1S/C20H25N3O3/c1-26-15-11-9-14(10-12-15)19(24)22-23-18(13-5-4-6-13)21-17-8-3-2-7-16(17)20(23)25/h2-3,7-8,13-15H,4-6,9-12H2,1H3,(H,22,24). The molecule has 26 heavy (non-hydrogen) atoms. The quantitative estimate of drug-likeness (QED) is 0.915. The van der Waals surface area contributed by atoms with Crippen molar-refractivity contribution in [1.82, 2.24) is 9.66 Å². The summed E-state index contributed by atoms with van der Waals surface area (Å²) in [6.45, 7) is 0. The van der Waals surface area contributed by atoms with E-state index in [-0.39, 0.29) is 29.4 Å². The van der Waals surface area contributed by atoms with Crippen molar-refractivity contribution in [3.8, 4) is 0 Å². The lowest BCUT2D eigenvalue weighted by Gasteiger charge is -2.30. The van der Waals surface area contributed by atoms with Crippen molar-refractivity contribution in [1.29, 1.82) is 0 Å². The fraction of sp³-hybridized carbons (Fsp3) is 0.550. The van der Waals surface area contributed by atoms with E-state index in [1.165, 1.54) is 4.68 Å². The van der Waals surface area contributed by atoms with Crippen molar-refractivity contribution in [2.75, 3.05) is 12.5 Å². The molecule has 0 spiro atoms. The van der Waals surface area contributed by atoms with Gasteiger partial charge in [-0.05, 0) is 50.7 Å². The Balaban J connectivity index is 1.63. The molecule has 6 nitrogen and oxygen atoms in total. The predicted octanol–water partition coefficient (Wildman–Crippen LogP) is 2.94. The summed E-state index contributed by atoms with van der Waals surface area (Å²) in [5.41, 5.74) is 3.40. The first kappa shape index (κ1) is 17.2. The second-order valence-electron chi connectivity index (χ2n) is 7.44. The number of ether oxygens (including phenoxy) is 1. The van der Waals surface area contributed by atoms with E-state index < -0.39 is 0 Å². The van der Waals surface area contributed by atoms with Gasteiger partial charge in [0, 0.05) is 18.9 Å². The van der Waals surface area contributed by atoms with Crippen LogP contribution in [-0.2, 0) is 9.53 Å². The predicted molar refractivity (Wildman–Crippen MR) is 99.7 cm³/mol. The number of nitrogens with one attached hydrogen (secondary N) is 1. The molecular weight excluding hydrogens is 330 g/mol. The maximum Gasteiger partial charge on any atom is 0.280 e. The van der Waals surface area contributed by atoms with Gasteiger partial charge in [-0.2, -0.15) is 0 Å². The average Bonchev–Trinajstić information content (AvgIpc) is 2.63. The van der Waals surface area contributed by atoms with Gasteiger partial charge in [0.05, 0.1) is 17.0 Å². The molecule has 0 saturated heterocycles. The minimum Gasteiger partial charge on any atom is -0.381 e. The Hall–Kier alpha value is -2.21. The minimum absolute atomic E-state index is 0.0750. The van der Waals surface area contributed by atoms with Crippen LogP contribution in [0.4, 0.5) is 0 Å². The molecule has 1 aromatic heterocycles. The second kappa shape index (κ2) is 7.19. The lowest BCUT2D eigenvalue weighted by Crippen LogP contribution is -2.41. The van der Waals surface area contributed by atoms with Crippen molar-refractivity contribution in [3.63, 3.8) is 0 Å². The van der Waals surface area contributed by atoms with Crippen LogP contribution in [0.1, 0.15) is 56.7 Å². The van der Waals surface area contributed by atoms with E-state index in [9.17, 15) is 9.59 Å². The Morgan fingerprint density at radius 1 is 1.15 bits per heavy atom. The molecule has 1 N–H and O–H groups in total. The zero-order valence-corrected chi connectivity index (χ0v) is 15.1. The average molecular weight is 355 g/mol. The van der Waals surface area contributed by atoms with Gasteiger partial charge in [0.2, 0.25) is 5.91 Å². The van der Waals surface area contributed by atoms with Crippen molar-refractivity contribution >= 4 is 16.8 Å². The van der Waals surface area contributed by atoms with Crippen LogP contribution in [0, 0.1) is 5.92 Å². The van der Waals surface area contributed by atoms with Gasteiger partial charge in [-0.15, -0.1) is 0 Å². The van der Waals surface area contributed by atoms with Crippen LogP contribution >= 0.6 is 0 Å². The summed E-state index contributed by atoms with van der Waals surface area (Å²) in [6.07, 6.45) is 6.76. The summed E-state index contributed by atoms with van der Waals surface area (Å²) < 4.78 is 6.79. The molecule has 1 amide bonds. The Kier molecular flexibility index (Phi) is 4.76. The maximum atomic E-state index is 13.0. The second-order valence-corrected chi connectivity index (χ2v) is 7.44. The van der Waals surface area contributed by atoms with Gasteiger partial charge >= 0.3 is 0 Å². The third-order valence-electron chi connectivity index (χ3n) is 5.87. The molecule has 2 aliphatic rings. The number of para-hydroxylation sites is 1. The zero-order valence-electron chi connectivity index (χ0n) is 15.1. The number of carbonyl (C=O) groups is 1. The lowest BCUT2D eigenvalue weighted by atomic mass is 9.84. The number of fused-ring (bicyclic) bond motifs is 1. The summed E-state index contributed by atoms with van der Waals surface area (Å²) in [4.78, 5) is 30.5. The molecule has 2 saturated carbocycles. The highest BCUT2D eigenvalue weighted by Crippen LogP contribution is 2.35. The highest BCUT2D eigenvalue weighted by atomic mass is 16.5. The van der Waals surface area contributed by atoms with Gasteiger partial charge in [-0.3, -0.25) is 15.0 Å². The molecule has 0 bridgehead atoms. The number of carbonyl (C=O) groups excluding carboxylic acids is 1. The largest absolute Gasteiger partial charge is 0.381 e. The third kappa shape index (κ3) is 3.14. The number of aromatic nitrogens is 2.